The van der Waals surface area contributed by atoms with E-state index in [9.17, 15) is 23.1 Å². The van der Waals surface area contributed by atoms with Gasteiger partial charge in [0, 0.05) is 24.2 Å². The van der Waals surface area contributed by atoms with Crippen LogP contribution in [0.4, 0.5) is 5.69 Å². The molecule has 13 heteroatoms. The SMILES string of the molecule is Cc1ccc(-n2nc(C(=O)O)c(C)c2Oc2ccc(NC(=O)CC(C)C)cc2S(=O)(=O)NCc2ccc3c(c2)OCO3)cc1. The van der Waals surface area contributed by atoms with Crippen LogP contribution < -0.4 is 24.2 Å². The summed E-state index contributed by atoms with van der Waals surface area (Å²) in [6.45, 7) is 7.25. The van der Waals surface area contributed by atoms with Gasteiger partial charge in [0.1, 0.15) is 10.6 Å². The number of carbonyl (C=O) groups is 2. The average Bonchev–Trinajstić information content (AvgIpc) is 3.57. The Bertz CT molecular complexity index is 1830. The van der Waals surface area contributed by atoms with Gasteiger partial charge in [-0.15, -0.1) is 0 Å². The summed E-state index contributed by atoms with van der Waals surface area (Å²) in [6.07, 6.45) is 0.246. The minimum atomic E-state index is -4.25. The zero-order valence-electron chi connectivity index (χ0n) is 24.6. The number of nitrogens with one attached hydrogen (secondary N) is 2. The van der Waals surface area contributed by atoms with Gasteiger partial charge in [-0.2, -0.15) is 9.78 Å². The first-order valence-corrected chi connectivity index (χ1v) is 15.3. The Morgan fingerprint density at radius 2 is 1.75 bits per heavy atom. The number of aromatic carboxylic acids is 1. The zero-order chi connectivity index (χ0) is 31.6. The number of aromatic nitrogens is 2. The molecule has 1 aliphatic heterocycles. The van der Waals surface area contributed by atoms with Gasteiger partial charge < -0.3 is 24.6 Å². The fraction of sp³-hybridized carbons (Fsp3) is 0.258. The quantitative estimate of drug-likeness (QED) is 0.206. The maximum Gasteiger partial charge on any atom is 0.356 e. The van der Waals surface area contributed by atoms with Gasteiger partial charge >= 0.3 is 5.97 Å². The highest BCUT2D eigenvalue weighted by molar-refractivity contribution is 7.89. The van der Waals surface area contributed by atoms with Crippen LogP contribution in [0, 0.1) is 19.8 Å². The van der Waals surface area contributed by atoms with Crippen LogP contribution in [0.3, 0.4) is 0 Å². The summed E-state index contributed by atoms with van der Waals surface area (Å²) < 4.78 is 48.4. The van der Waals surface area contributed by atoms with Crippen molar-refractivity contribution >= 4 is 27.6 Å². The van der Waals surface area contributed by atoms with E-state index >= 15 is 0 Å². The molecule has 0 radical (unpaired) electrons. The van der Waals surface area contributed by atoms with E-state index in [1.54, 1.807) is 30.3 Å². The van der Waals surface area contributed by atoms with Crippen molar-refractivity contribution in [3.63, 3.8) is 0 Å². The molecule has 0 saturated heterocycles. The van der Waals surface area contributed by atoms with Crippen LogP contribution >= 0.6 is 0 Å². The third-order valence-electron chi connectivity index (χ3n) is 6.77. The molecule has 3 N–H and O–H groups in total. The fourth-order valence-corrected chi connectivity index (χ4v) is 5.71. The van der Waals surface area contributed by atoms with Crippen LogP contribution in [0.1, 0.15) is 47.4 Å². The maximum absolute atomic E-state index is 13.8. The first-order chi connectivity index (χ1) is 20.9. The van der Waals surface area contributed by atoms with E-state index in [2.05, 4.69) is 15.1 Å². The standard InChI is InChI=1S/C31H32N4O8S/c1-18(2)13-28(36)33-22-8-12-25(27(15-22)44(39,40)32-16-21-7-11-24-26(14-21)42-17-41-24)43-30-20(4)29(31(37)38)34-35(30)23-9-5-19(3)6-10-23/h5-12,14-15,18,32H,13,16-17H2,1-4H3,(H,33,36)(H,37,38). The molecule has 4 aromatic rings. The van der Waals surface area contributed by atoms with E-state index < -0.39 is 16.0 Å². The van der Waals surface area contributed by atoms with Crippen LogP contribution in [0.2, 0.25) is 0 Å². The van der Waals surface area contributed by atoms with Crippen molar-refractivity contribution in [2.75, 3.05) is 12.1 Å². The normalized spacial score (nSPS) is 12.4. The predicted octanol–water partition coefficient (Wildman–Crippen LogP) is 5.17. The molecule has 2 heterocycles. The summed E-state index contributed by atoms with van der Waals surface area (Å²) in [5.74, 6) is -0.441. The topological polar surface area (TPSA) is 158 Å². The van der Waals surface area contributed by atoms with Crippen molar-refractivity contribution in [2.24, 2.45) is 5.92 Å². The molecule has 1 aliphatic rings. The van der Waals surface area contributed by atoms with Gasteiger partial charge in [-0.25, -0.2) is 17.9 Å². The Morgan fingerprint density at radius 3 is 2.45 bits per heavy atom. The van der Waals surface area contributed by atoms with Gasteiger partial charge in [-0.05, 0) is 67.8 Å². The van der Waals surface area contributed by atoms with Crippen molar-refractivity contribution in [2.45, 2.75) is 45.6 Å². The van der Waals surface area contributed by atoms with Crippen molar-refractivity contribution < 1.29 is 37.3 Å². The van der Waals surface area contributed by atoms with Crippen molar-refractivity contribution in [1.82, 2.24) is 14.5 Å². The number of amides is 1. The van der Waals surface area contributed by atoms with Gasteiger partial charge in [-0.1, -0.05) is 37.6 Å². The summed E-state index contributed by atoms with van der Waals surface area (Å²) in [6, 6.07) is 16.5. The number of carboxylic acids is 1. The lowest BCUT2D eigenvalue weighted by Crippen LogP contribution is -2.24. The molecule has 1 amide bonds. The molecule has 0 bridgehead atoms. The Balaban J connectivity index is 1.53. The Morgan fingerprint density at radius 1 is 1.02 bits per heavy atom. The van der Waals surface area contributed by atoms with Crippen LogP contribution in [0.15, 0.2) is 65.6 Å². The maximum atomic E-state index is 13.8. The number of ether oxygens (including phenoxy) is 3. The second kappa shape index (κ2) is 12.4. The van der Waals surface area contributed by atoms with E-state index in [4.69, 9.17) is 14.2 Å². The van der Waals surface area contributed by atoms with Gasteiger partial charge in [0.15, 0.2) is 17.2 Å². The number of hydrogen-bond acceptors (Lipinski definition) is 8. The van der Waals surface area contributed by atoms with Crippen LogP contribution in [0.5, 0.6) is 23.1 Å². The number of benzene rings is 3. The first kappa shape index (κ1) is 30.6. The zero-order valence-corrected chi connectivity index (χ0v) is 25.4. The van der Waals surface area contributed by atoms with Gasteiger partial charge in [0.25, 0.3) is 0 Å². The Labute approximate surface area is 254 Å². The molecule has 1 aromatic heterocycles. The van der Waals surface area contributed by atoms with Crippen LogP contribution in [-0.4, -0.2) is 42.0 Å². The van der Waals surface area contributed by atoms with Crippen molar-refractivity contribution in [3.05, 3.63) is 83.0 Å². The van der Waals surface area contributed by atoms with Crippen molar-refractivity contribution in [3.8, 4) is 28.8 Å². The largest absolute Gasteiger partial charge is 0.476 e. The number of anilines is 1. The smallest absolute Gasteiger partial charge is 0.356 e. The highest BCUT2D eigenvalue weighted by Crippen LogP contribution is 2.36. The summed E-state index contributed by atoms with van der Waals surface area (Å²) in [5.41, 5.74) is 2.33. The molecule has 0 aliphatic carbocycles. The number of carbonyl (C=O) groups excluding carboxylic acids is 1. The van der Waals surface area contributed by atoms with Crippen LogP contribution in [0.25, 0.3) is 5.69 Å². The molecule has 230 valence electrons. The molecule has 44 heavy (non-hydrogen) atoms. The van der Waals surface area contributed by atoms with E-state index in [0.717, 1.165) is 5.56 Å². The average molecular weight is 621 g/mol. The number of sulfonamides is 1. The van der Waals surface area contributed by atoms with E-state index in [-0.39, 0.29) is 65.1 Å². The second-order valence-electron chi connectivity index (χ2n) is 10.8. The number of nitrogens with zero attached hydrogens (tertiary/aromatic N) is 2. The third kappa shape index (κ3) is 6.68. The molecular weight excluding hydrogens is 588 g/mol. The summed E-state index contributed by atoms with van der Waals surface area (Å²) in [4.78, 5) is 24.2. The second-order valence-corrected chi connectivity index (χ2v) is 12.5. The van der Waals surface area contributed by atoms with Gasteiger partial charge in [0.2, 0.25) is 28.6 Å². The molecule has 0 atom stereocenters. The summed E-state index contributed by atoms with van der Waals surface area (Å²) in [5, 5.41) is 16.7. The first-order valence-electron chi connectivity index (χ1n) is 13.8. The number of fused-ring (bicyclic) bond motifs is 1. The lowest BCUT2D eigenvalue weighted by atomic mass is 10.1. The van der Waals surface area contributed by atoms with Gasteiger partial charge in [0.05, 0.1) is 5.69 Å². The predicted molar refractivity (Wildman–Crippen MR) is 161 cm³/mol. The number of aryl methyl sites for hydroxylation is 1. The lowest BCUT2D eigenvalue weighted by molar-refractivity contribution is -0.116. The number of hydrogen-bond donors (Lipinski definition) is 3. The summed E-state index contributed by atoms with van der Waals surface area (Å²) in [7, 11) is -4.25. The molecule has 0 saturated carbocycles. The number of carboxylic acid groups (broad SMARTS) is 1. The molecule has 0 unspecified atom stereocenters. The Kier molecular flexibility index (Phi) is 8.61. The molecule has 5 rings (SSSR count). The van der Waals surface area contributed by atoms with Crippen LogP contribution in [-0.2, 0) is 21.4 Å². The van der Waals surface area contributed by atoms with E-state index in [1.807, 2.05) is 32.9 Å². The van der Waals surface area contributed by atoms with Gasteiger partial charge in [-0.3, -0.25) is 4.79 Å². The monoisotopic (exact) mass is 620 g/mol. The molecule has 0 fully saturated rings. The van der Waals surface area contributed by atoms with E-state index in [1.165, 1.54) is 29.8 Å². The highest BCUT2D eigenvalue weighted by Gasteiger charge is 2.27. The molecule has 12 nitrogen and oxygen atoms in total. The molecule has 0 spiro atoms. The van der Waals surface area contributed by atoms with E-state index in [0.29, 0.717) is 22.7 Å². The number of rotatable bonds is 11. The minimum Gasteiger partial charge on any atom is -0.476 e. The Hall–Kier alpha value is -4.88. The third-order valence-corrected chi connectivity index (χ3v) is 8.19. The highest BCUT2D eigenvalue weighted by atomic mass is 32.2. The minimum absolute atomic E-state index is 0.0232. The molecule has 3 aromatic carbocycles. The lowest BCUT2D eigenvalue weighted by Gasteiger charge is -2.16. The summed E-state index contributed by atoms with van der Waals surface area (Å²) >= 11 is 0. The fourth-order valence-electron chi connectivity index (χ4n) is 4.54. The van der Waals surface area contributed by atoms with Crippen molar-refractivity contribution in [1.29, 1.82) is 0 Å². The molecular formula is C31H32N4O8S.